The number of benzene rings is 1. The summed E-state index contributed by atoms with van der Waals surface area (Å²) in [4.78, 5) is 36.8. The molecule has 0 spiro atoms. The van der Waals surface area contributed by atoms with Crippen molar-refractivity contribution in [2.75, 3.05) is 25.5 Å². The fraction of sp³-hybridized carbons (Fsp3) is 0.556. The van der Waals surface area contributed by atoms with Crippen LogP contribution >= 0.6 is 0 Å². The van der Waals surface area contributed by atoms with Crippen LogP contribution in [-0.4, -0.2) is 47.6 Å². The lowest BCUT2D eigenvalue weighted by molar-refractivity contribution is -0.385. The lowest BCUT2D eigenvalue weighted by Gasteiger charge is -2.33. The first kappa shape index (κ1) is 20.5. The molecule has 1 atom stereocenters. The summed E-state index contributed by atoms with van der Waals surface area (Å²) < 4.78 is 10.3. The third kappa shape index (κ3) is 5.57. The summed E-state index contributed by atoms with van der Waals surface area (Å²) in [5.41, 5.74) is -0.523. The molecule has 1 aliphatic heterocycles. The number of nitro benzene ring substituents is 1. The Kier molecular flexibility index (Phi) is 6.24. The number of rotatable bonds is 4. The maximum atomic E-state index is 12.6. The number of nitrogens with zero attached hydrogens (tertiary/aromatic N) is 2. The molecule has 1 aromatic rings. The molecule has 1 aromatic carbocycles. The highest BCUT2D eigenvalue weighted by atomic mass is 16.6. The highest BCUT2D eigenvalue weighted by Gasteiger charge is 2.31. The van der Waals surface area contributed by atoms with Gasteiger partial charge >= 0.3 is 11.8 Å². The lowest BCUT2D eigenvalue weighted by atomic mass is 9.97. The summed E-state index contributed by atoms with van der Waals surface area (Å²) in [6.45, 7) is 6.15. The Morgan fingerprint density at radius 3 is 2.63 bits per heavy atom. The van der Waals surface area contributed by atoms with Gasteiger partial charge in [-0.25, -0.2) is 4.79 Å². The van der Waals surface area contributed by atoms with Gasteiger partial charge in [-0.2, -0.15) is 0 Å². The number of hydrogen-bond acceptors (Lipinski definition) is 6. The molecule has 1 N–H and O–H groups in total. The van der Waals surface area contributed by atoms with Gasteiger partial charge in [0.25, 0.3) is 0 Å². The Labute approximate surface area is 157 Å². The molecule has 9 heteroatoms. The molecular formula is C18H25N3O6. The molecule has 148 valence electrons. The summed E-state index contributed by atoms with van der Waals surface area (Å²) in [6, 6.07) is 4.23. The Bertz CT molecular complexity index is 728. The molecule has 1 unspecified atom stereocenters. The zero-order valence-electron chi connectivity index (χ0n) is 16.0. The highest BCUT2D eigenvalue weighted by molar-refractivity contribution is 5.93. The smallest absolute Gasteiger partial charge is 0.410 e. The van der Waals surface area contributed by atoms with Crippen molar-refractivity contribution in [1.82, 2.24) is 4.90 Å². The molecule has 1 aliphatic rings. The van der Waals surface area contributed by atoms with Crippen LogP contribution in [0.2, 0.25) is 0 Å². The first-order chi connectivity index (χ1) is 12.6. The summed E-state index contributed by atoms with van der Waals surface area (Å²) in [7, 11) is 1.34. The number of carbonyl (C=O) groups excluding carboxylic acids is 2. The van der Waals surface area contributed by atoms with Gasteiger partial charge < -0.3 is 19.7 Å². The number of carbonyl (C=O) groups is 2. The highest BCUT2D eigenvalue weighted by Crippen LogP contribution is 2.30. The molecule has 0 aromatic heterocycles. The SMILES string of the molecule is COc1ccc(NC(=O)C2CCCN(C(=O)OC(C)(C)C)C2)cc1[N+](=O)[O-]. The quantitative estimate of drug-likeness (QED) is 0.635. The molecule has 2 rings (SSSR count). The monoisotopic (exact) mass is 379 g/mol. The van der Waals surface area contributed by atoms with Crippen LogP contribution in [0, 0.1) is 16.0 Å². The van der Waals surface area contributed by atoms with E-state index in [2.05, 4.69) is 5.32 Å². The molecule has 0 aliphatic carbocycles. The number of nitro groups is 1. The minimum atomic E-state index is -0.603. The average molecular weight is 379 g/mol. The van der Waals surface area contributed by atoms with Gasteiger partial charge in [0.15, 0.2) is 5.75 Å². The predicted molar refractivity (Wildman–Crippen MR) is 98.8 cm³/mol. The maximum absolute atomic E-state index is 12.6. The fourth-order valence-electron chi connectivity index (χ4n) is 2.84. The number of hydrogen-bond donors (Lipinski definition) is 1. The molecule has 0 bridgehead atoms. The zero-order valence-corrected chi connectivity index (χ0v) is 16.0. The number of anilines is 1. The summed E-state index contributed by atoms with van der Waals surface area (Å²) in [6.07, 6.45) is 0.865. The van der Waals surface area contributed by atoms with Crippen molar-refractivity contribution < 1.29 is 24.0 Å². The minimum Gasteiger partial charge on any atom is -0.490 e. The van der Waals surface area contributed by atoms with Crippen molar-refractivity contribution in [1.29, 1.82) is 0 Å². The van der Waals surface area contributed by atoms with E-state index in [4.69, 9.17) is 9.47 Å². The number of methoxy groups -OCH3 is 1. The van der Waals surface area contributed by atoms with Crippen molar-refractivity contribution in [3.05, 3.63) is 28.3 Å². The van der Waals surface area contributed by atoms with Crippen molar-refractivity contribution in [2.45, 2.75) is 39.2 Å². The van der Waals surface area contributed by atoms with Crippen molar-refractivity contribution in [3.63, 3.8) is 0 Å². The largest absolute Gasteiger partial charge is 0.490 e. The topological polar surface area (TPSA) is 111 Å². The van der Waals surface area contributed by atoms with Crippen LogP contribution in [0.3, 0.4) is 0 Å². The van der Waals surface area contributed by atoms with Crippen LogP contribution in [0.15, 0.2) is 18.2 Å². The number of nitrogens with one attached hydrogen (secondary N) is 1. The van der Waals surface area contributed by atoms with E-state index in [1.807, 2.05) is 0 Å². The van der Waals surface area contributed by atoms with E-state index in [9.17, 15) is 19.7 Å². The van der Waals surface area contributed by atoms with Gasteiger partial charge in [-0.3, -0.25) is 14.9 Å². The molecule has 1 saturated heterocycles. The molecule has 0 saturated carbocycles. The molecule has 2 amide bonds. The second kappa shape index (κ2) is 8.24. The number of amides is 2. The fourth-order valence-corrected chi connectivity index (χ4v) is 2.84. The molecular weight excluding hydrogens is 354 g/mol. The van der Waals surface area contributed by atoms with E-state index in [-0.39, 0.29) is 23.9 Å². The van der Waals surface area contributed by atoms with Gasteiger partial charge in [0.05, 0.1) is 18.0 Å². The van der Waals surface area contributed by atoms with Crippen LogP contribution in [0.4, 0.5) is 16.2 Å². The second-order valence-electron chi connectivity index (χ2n) is 7.40. The van der Waals surface area contributed by atoms with Gasteiger partial charge in [-0.05, 0) is 45.7 Å². The van der Waals surface area contributed by atoms with Crippen LogP contribution in [-0.2, 0) is 9.53 Å². The van der Waals surface area contributed by atoms with Crippen molar-refractivity contribution in [3.8, 4) is 5.75 Å². The second-order valence-corrected chi connectivity index (χ2v) is 7.40. The first-order valence-electron chi connectivity index (χ1n) is 8.72. The van der Waals surface area contributed by atoms with Crippen LogP contribution in [0.1, 0.15) is 33.6 Å². The van der Waals surface area contributed by atoms with Gasteiger partial charge in [0.1, 0.15) is 5.60 Å². The van der Waals surface area contributed by atoms with Crippen molar-refractivity contribution in [2.24, 2.45) is 5.92 Å². The van der Waals surface area contributed by atoms with Gasteiger partial charge in [-0.15, -0.1) is 0 Å². The standard InChI is InChI=1S/C18H25N3O6/c1-18(2,3)27-17(23)20-9-5-6-12(11-20)16(22)19-13-7-8-15(26-4)14(10-13)21(24)25/h7-8,10,12H,5-6,9,11H2,1-4H3,(H,19,22). The van der Waals surface area contributed by atoms with E-state index in [1.165, 1.54) is 30.2 Å². The van der Waals surface area contributed by atoms with Gasteiger partial charge in [-0.1, -0.05) is 0 Å². The van der Waals surface area contributed by atoms with E-state index < -0.39 is 22.5 Å². The Morgan fingerprint density at radius 2 is 2.04 bits per heavy atom. The molecule has 1 heterocycles. The third-order valence-electron chi connectivity index (χ3n) is 4.09. The number of ether oxygens (including phenoxy) is 2. The van der Waals surface area contributed by atoms with Crippen molar-refractivity contribution >= 4 is 23.4 Å². The predicted octanol–water partition coefficient (Wildman–Crippen LogP) is 3.19. The molecule has 1 fully saturated rings. The Hall–Kier alpha value is -2.84. The van der Waals surface area contributed by atoms with Crippen LogP contribution in [0.5, 0.6) is 5.75 Å². The maximum Gasteiger partial charge on any atom is 0.410 e. The van der Waals surface area contributed by atoms with Gasteiger partial charge in [0.2, 0.25) is 5.91 Å². The van der Waals surface area contributed by atoms with Gasteiger partial charge in [0, 0.05) is 24.8 Å². The normalized spacial score (nSPS) is 17.2. The summed E-state index contributed by atoms with van der Waals surface area (Å²) in [5, 5.41) is 13.8. The first-order valence-corrected chi connectivity index (χ1v) is 8.72. The Morgan fingerprint density at radius 1 is 1.33 bits per heavy atom. The zero-order chi connectivity index (χ0) is 20.2. The van der Waals surface area contributed by atoms with Crippen LogP contribution < -0.4 is 10.1 Å². The Balaban J connectivity index is 2.04. The van der Waals surface area contributed by atoms with E-state index in [0.29, 0.717) is 25.1 Å². The molecule has 0 radical (unpaired) electrons. The van der Waals surface area contributed by atoms with E-state index >= 15 is 0 Å². The van der Waals surface area contributed by atoms with Crippen LogP contribution in [0.25, 0.3) is 0 Å². The van der Waals surface area contributed by atoms with E-state index in [0.717, 1.165) is 0 Å². The third-order valence-corrected chi connectivity index (χ3v) is 4.09. The number of piperidine rings is 1. The summed E-state index contributed by atoms with van der Waals surface area (Å²) in [5.74, 6) is -0.582. The summed E-state index contributed by atoms with van der Waals surface area (Å²) >= 11 is 0. The number of likely N-dealkylation sites (tertiary alicyclic amines) is 1. The molecule has 27 heavy (non-hydrogen) atoms. The lowest BCUT2D eigenvalue weighted by Crippen LogP contribution is -2.45. The minimum absolute atomic E-state index is 0.117. The average Bonchev–Trinajstić information content (AvgIpc) is 2.60. The molecule has 9 nitrogen and oxygen atoms in total. The van der Waals surface area contributed by atoms with E-state index in [1.54, 1.807) is 20.8 Å².